The third-order valence-corrected chi connectivity index (χ3v) is 1.28. The molecule has 0 aliphatic heterocycles. The Kier molecular flexibility index (Phi) is 2.76. The number of hydrogen-bond donors (Lipinski definition) is 2. The number of aromatic nitrogens is 2. The van der Waals surface area contributed by atoms with Gasteiger partial charge in [0.05, 0.1) is 6.20 Å². The lowest BCUT2D eigenvalue weighted by Gasteiger charge is -2.12. The minimum Gasteiger partial charge on any atom is -0.478 e. The molecule has 13 heavy (non-hydrogen) atoms. The molecule has 0 spiro atoms. The van der Waals surface area contributed by atoms with E-state index < -0.39 is 5.97 Å². The fourth-order valence-corrected chi connectivity index (χ4v) is 0.799. The summed E-state index contributed by atoms with van der Waals surface area (Å²) >= 11 is 0. The van der Waals surface area contributed by atoms with Crippen molar-refractivity contribution in [3.05, 3.63) is 17.8 Å². The summed E-state index contributed by atoms with van der Waals surface area (Å²) in [5.74, 6) is -0.792. The first kappa shape index (κ1) is 9.40. The van der Waals surface area contributed by atoms with Crippen LogP contribution in [-0.2, 0) is 0 Å². The molecule has 1 rings (SSSR count). The van der Waals surface area contributed by atoms with E-state index in [4.69, 9.17) is 5.11 Å². The van der Waals surface area contributed by atoms with Crippen LogP contribution in [0.5, 0.6) is 0 Å². The number of nitrogens with one attached hydrogen (secondary N) is 1. The molecule has 0 fully saturated rings. The van der Waals surface area contributed by atoms with Crippen LogP contribution < -0.4 is 5.43 Å². The zero-order valence-electron chi connectivity index (χ0n) is 7.35. The molecular formula is C7H10N4O2. The van der Waals surface area contributed by atoms with Gasteiger partial charge in [-0.2, -0.15) is 5.10 Å². The molecule has 1 heterocycles. The van der Waals surface area contributed by atoms with Crippen LogP contribution >= 0.6 is 0 Å². The zero-order chi connectivity index (χ0) is 9.84. The summed E-state index contributed by atoms with van der Waals surface area (Å²) in [7, 11) is 3.47. The van der Waals surface area contributed by atoms with E-state index >= 15 is 0 Å². The molecule has 1 aromatic rings. The van der Waals surface area contributed by atoms with E-state index in [-0.39, 0.29) is 11.4 Å². The predicted molar refractivity (Wildman–Crippen MR) is 46.3 cm³/mol. The van der Waals surface area contributed by atoms with Crippen molar-refractivity contribution in [3.8, 4) is 0 Å². The summed E-state index contributed by atoms with van der Waals surface area (Å²) in [5.41, 5.74) is 2.83. The monoisotopic (exact) mass is 182 g/mol. The van der Waals surface area contributed by atoms with E-state index in [9.17, 15) is 4.79 Å². The lowest BCUT2D eigenvalue weighted by Crippen LogP contribution is -2.22. The Bertz CT molecular complexity index is 313. The number of carbonyl (C=O) groups is 1. The fraction of sp³-hybridized carbons (Fsp3) is 0.286. The standard InChI is InChI=1S/C7H10N4O2/c1-11(2)10-6-5(7(12)13)3-4-8-9-6/h3-4H,1-2H3,(H,9,10)(H,12,13). The molecule has 0 atom stereocenters. The fourth-order valence-electron chi connectivity index (χ4n) is 0.799. The maximum absolute atomic E-state index is 10.7. The second-order valence-electron chi connectivity index (χ2n) is 2.60. The predicted octanol–water partition coefficient (Wildman–Crippen LogP) is 0.0633. The molecule has 0 radical (unpaired) electrons. The second-order valence-corrected chi connectivity index (χ2v) is 2.60. The van der Waals surface area contributed by atoms with Crippen molar-refractivity contribution in [2.75, 3.05) is 19.5 Å². The summed E-state index contributed by atoms with van der Waals surface area (Å²) in [6.07, 6.45) is 1.34. The van der Waals surface area contributed by atoms with E-state index in [1.807, 2.05) is 0 Å². The van der Waals surface area contributed by atoms with E-state index in [1.165, 1.54) is 12.3 Å². The number of nitrogens with zero attached hydrogens (tertiary/aromatic N) is 3. The molecule has 0 saturated heterocycles. The van der Waals surface area contributed by atoms with Crippen molar-refractivity contribution in [3.63, 3.8) is 0 Å². The van der Waals surface area contributed by atoms with Crippen LogP contribution in [0.2, 0.25) is 0 Å². The SMILES string of the molecule is CN(C)Nc1nnccc1C(=O)O. The number of aromatic carboxylic acids is 1. The van der Waals surface area contributed by atoms with Crippen molar-refractivity contribution < 1.29 is 9.90 Å². The van der Waals surface area contributed by atoms with Crippen LogP contribution in [0.4, 0.5) is 5.82 Å². The van der Waals surface area contributed by atoms with Gasteiger partial charge in [0, 0.05) is 14.1 Å². The van der Waals surface area contributed by atoms with Crippen LogP contribution in [0, 0.1) is 0 Å². The van der Waals surface area contributed by atoms with Crippen molar-refractivity contribution in [2.45, 2.75) is 0 Å². The minimum absolute atomic E-state index is 0.101. The number of carboxylic acid groups (broad SMARTS) is 1. The second kappa shape index (κ2) is 3.81. The van der Waals surface area contributed by atoms with Crippen LogP contribution in [0.1, 0.15) is 10.4 Å². The summed E-state index contributed by atoms with van der Waals surface area (Å²) in [4.78, 5) is 10.7. The van der Waals surface area contributed by atoms with E-state index in [0.29, 0.717) is 0 Å². The maximum atomic E-state index is 10.7. The average Bonchev–Trinajstić information content (AvgIpc) is 2.03. The lowest BCUT2D eigenvalue weighted by molar-refractivity contribution is 0.0697. The number of hydrogen-bond acceptors (Lipinski definition) is 5. The highest BCUT2D eigenvalue weighted by atomic mass is 16.4. The molecule has 0 amide bonds. The van der Waals surface area contributed by atoms with Crippen LogP contribution in [0.25, 0.3) is 0 Å². The van der Waals surface area contributed by atoms with Gasteiger partial charge in [0.15, 0.2) is 5.82 Å². The molecule has 6 heteroatoms. The molecule has 0 aliphatic rings. The van der Waals surface area contributed by atoms with Crippen molar-refractivity contribution >= 4 is 11.8 Å². The smallest absolute Gasteiger partial charge is 0.339 e. The average molecular weight is 182 g/mol. The molecule has 0 saturated carbocycles. The number of rotatable bonds is 3. The number of anilines is 1. The Labute approximate surface area is 75.2 Å². The molecule has 0 aliphatic carbocycles. The van der Waals surface area contributed by atoms with Gasteiger partial charge < -0.3 is 10.5 Å². The topological polar surface area (TPSA) is 78.3 Å². The van der Waals surface area contributed by atoms with Crippen LogP contribution in [0.15, 0.2) is 12.3 Å². The Morgan fingerprint density at radius 1 is 1.62 bits per heavy atom. The van der Waals surface area contributed by atoms with Crippen molar-refractivity contribution in [1.82, 2.24) is 15.2 Å². The first-order chi connectivity index (χ1) is 6.11. The summed E-state index contributed by atoms with van der Waals surface area (Å²) in [6, 6.07) is 1.39. The van der Waals surface area contributed by atoms with Gasteiger partial charge in [0.1, 0.15) is 5.56 Å². The van der Waals surface area contributed by atoms with Gasteiger partial charge in [-0.25, -0.2) is 9.80 Å². The van der Waals surface area contributed by atoms with Gasteiger partial charge in [-0.3, -0.25) is 0 Å². The van der Waals surface area contributed by atoms with Crippen LogP contribution in [-0.4, -0.2) is 40.4 Å². The lowest BCUT2D eigenvalue weighted by atomic mass is 10.3. The molecule has 0 aromatic carbocycles. The van der Waals surface area contributed by atoms with Gasteiger partial charge in [0.2, 0.25) is 0 Å². The Hall–Kier alpha value is -1.69. The molecular weight excluding hydrogens is 172 g/mol. The zero-order valence-corrected chi connectivity index (χ0v) is 7.35. The van der Waals surface area contributed by atoms with Gasteiger partial charge in [-0.05, 0) is 6.07 Å². The third kappa shape index (κ3) is 2.38. The minimum atomic E-state index is -1.03. The van der Waals surface area contributed by atoms with Gasteiger partial charge in [-0.15, -0.1) is 5.10 Å². The third-order valence-electron chi connectivity index (χ3n) is 1.28. The number of carboxylic acids is 1. The Balaban J connectivity index is 2.98. The summed E-state index contributed by atoms with van der Waals surface area (Å²) in [6.45, 7) is 0. The normalized spacial score (nSPS) is 10.1. The van der Waals surface area contributed by atoms with Gasteiger partial charge >= 0.3 is 5.97 Å². The molecule has 0 unspecified atom stereocenters. The first-order valence-corrected chi connectivity index (χ1v) is 3.60. The number of hydrazine groups is 1. The highest BCUT2D eigenvalue weighted by molar-refractivity contribution is 5.92. The Morgan fingerprint density at radius 3 is 2.85 bits per heavy atom. The maximum Gasteiger partial charge on any atom is 0.339 e. The quantitative estimate of drug-likeness (QED) is 0.644. The molecule has 70 valence electrons. The molecule has 1 aromatic heterocycles. The van der Waals surface area contributed by atoms with Crippen molar-refractivity contribution in [2.24, 2.45) is 0 Å². The summed E-state index contributed by atoms with van der Waals surface area (Å²) < 4.78 is 0. The largest absolute Gasteiger partial charge is 0.478 e. The highest BCUT2D eigenvalue weighted by Crippen LogP contribution is 2.09. The first-order valence-electron chi connectivity index (χ1n) is 3.60. The summed E-state index contributed by atoms with van der Waals surface area (Å²) in [5, 5.41) is 17.6. The molecule has 6 nitrogen and oxygen atoms in total. The van der Waals surface area contributed by atoms with E-state index in [1.54, 1.807) is 19.1 Å². The van der Waals surface area contributed by atoms with E-state index in [2.05, 4.69) is 15.6 Å². The van der Waals surface area contributed by atoms with E-state index in [0.717, 1.165) is 0 Å². The van der Waals surface area contributed by atoms with Crippen LogP contribution in [0.3, 0.4) is 0 Å². The Morgan fingerprint density at radius 2 is 2.31 bits per heavy atom. The highest BCUT2D eigenvalue weighted by Gasteiger charge is 2.10. The van der Waals surface area contributed by atoms with Gasteiger partial charge in [0.25, 0.3) is 0 Å². The molecule has 0 bridgehead atoms. The van der Waals surface area contributed by atoms with Crippen molar-refractivity contribution in [1.29, 1.82) is 0 Å². The molecule has 2 N–H and O–H groups in total. The van der Waals surface area contributed by atoms with Gasteiger partial charge in [-0.1, -0.05) is 0 Å².